The molecule has 25 heteroatoms. The fraction of sp³-hybridized carbons (Fsp3) is 0.882. The van der Waals surface area contributed by atoms with Gasteiger partial charge in [0.05, 0.1) is 13.2 Å². The number of hydrogen-bond donors (Lipinski definition) is 11. The molecule has 590 valence electrons. The zero-order valence-corrected chi connectivity index (χ0v) is 62.6. The van der Waals surface area contributed by atoms with E-state index in [4.69, 9.17) is 42.2 Å². The highest BCUT2D eigenvalue weighted by atomic mass is 31.2. The van der Waals surface area contributed by atoms with E-state index in [1.165, 1.54) is 167 Å². The number of unbranched alkanes of at least 4 members (excludes halogenated alkanes) is 37. The van der Waals surface area contributed by atoms with Crippen LogP contribution in [0.15, 0.2) is 36.5 Å². The van der Waals surface area contributed by atoms with Crippen molar-refractivity contribution >= 4 is 25.7 Å². The number of carbonyl (C=O) groups excluding carboxylic acids is 3. The van der Waals surface area contributed by atoms with Crippen LogP contribution in [0.1, 0.15) is 297 Å². The smallest absolute Gasteiger partial charge is 0.463 e. The highest BCUT2D eigenvalue weighted by Gasteiger charge is 2.58. The number of phosphoric ester groups is 1. The average Bonchev–Trinajstić information content (AvgIpc) is 0.762. The summed E-state index contributed by atoms with van der Waals surface area (Å²) in [6.07, 6.45) is 21.2. The molecule has 3 aliphatic rings. The summed E-state index contributed by atoms with van der Waals surface area (Å²) in [7, 11) is -5.73. The Morgan fingerprint density at radius 3 is 1.19 bits per heavy atom. The van der Waals surface area contributed by atoms with Gasteiger partial charge in [0, 0.05) is 18.9 Å². The van der Waals surface area contributed by atoms with E-state index in [0.717, 1.165) is 96.0 Å². The van der Waals surface area contributed by atoms with E-state index in [2.05, 4.69) is 32.9 Å². The summed E-state index contributed by atoms with van der Waals surface area (Å²) in [6.45, 7) is 3.35. The van der Waals surface area contributed by atoms with E-state index in [9.17, 15) is 74.9 Å². The second-order valence-corrected chi connectivity index (χ2v) is 29.5. The van der Waals surface area contributed by atoms with Crippen molar-refractivity contribution in [1.29, 1.82) is 0 Å². The summed E-state index contributed by atoms with van der Waals surface area (Å²) in [6, 6.07) is 0. The molecule has 0 amide bonds. The molecule has 101 heavy (non-hydrogen) atoms. The quantitative estimate of drug-likeness (QED) is 0.00512. The second kappa shape index (κ2) is 57.4. The van der Waals surface area contributed by atoms with Crippen molar-refractivity contribution in [1.82, 2.24) is 0 Å². The number of carbonyl (C=O) groups is 3. The van der Waals surface area contributed by atoms with Crippen LogP contribution in [0.2, 0.25) is 0 Å². The lowest BCUT2D eigenvalue weighted by Crippen LogP contribution is -2.69. The largest absolute Gasteiger partial charge is 0.472 e. The van der Waals surface area contributed by atoms with E-state index >= 15 is 0 Å². The van der Waals surface area contributed by atoms with E-state index in [0.29, 0.717) is 12.8 Å². The minimum atomic E-state index is -5.73. The van der Waals surface area contributed by atoms with Gasteiger partial charge in [0.25, 0.3) is 0 Å². The first-order valence-corrected chi connectivity index (χ1v) is 40.8. The lowest BCUT2D eigenvalue weighted by Gasteiger charge is -2.49. The highest BCUT2D eigenvalue weighted by molar-refractivity contribution is 7.47. The molecule has 11 N–H and O–H groups in total. The third kappa shape index (κ3) is 40.1. The van der Waals surface area contributed by atoms with Crippen molar-refractivity contribution in [3.63, 3.8) is 0 Å². The molecule has 0 aromatic heterocycles. The number of phosphoric acid groups is 1. The lowest BCUT2D eigenvalue weighted by molar-refractivity contribution is -0.360. The summed E-state index contributed by atoms with van der Waals surface area (Å²) in [5.74, 6) is -2.26. The van der Waals surface area contributed by atoms with Gasteiger partial charge in [0.1, 0.15) is 98.7 Å². The van der Waals surface area contributed by atoms with Gasteiger partial charge in [-0.25, -0.2) is 9.36 Å². The van der Waals surface area contributed by atoms with Crippen molar-refractivity contribution in [3.8, 4) is 0 Å². The van der Waals surface area contributed by atoms with Crippen molar-refractivity contribution in [2.24, 2.45) is 0 Å². The van der Waals surface area contributed by atoms with Crippen LogP contribution in [0.3, 0.4) is 0 Å². The van der Waals surface area contributed by atoms with Gasteiger partial charge in [-0.15, -0.1) is 0 Å². The molecule has 18 atom stereocenters. The molecule has 24 nitrogen and oxygen atoms in total. The first kappa shape index (κ1) is 92.4. The molecule has 0 radical (unpaired) electrons. The van der Waals surface area contributed by atoms with Gasteiger partial charge in [0.15, 0.2) is 18.7 Å². The minimum absolute atomic E-state index is 0.00442. The second-order valence-electron chi connectivity index (χ2n) is 28.1. The Balaban J connectivity index is 1.74. The standard InChI is InChI=1S/C76H137O24P/c1-4-7-10-13-16-19-22-25-28-29-31-33-36-38-41-44-47-50-60(78)92-54-57(95-62(80)52-49-46-43-40-37-34-30-26-23-20-17-14-11-8-5-2)55-94-101(90,91)100-74-72(98-75-70(88)65(83)63(81)58(53-77)96-75)68(86)67(85)69(87)73(74)99-76-71(89)66(84)64(82)59(97-76)56-93-61(79)51-48-45-42-39-35-32-27-24-21-18-15-12-9-6-3/h32,35,43,46,49,52,57-59,63-77,81-89H,4-31,33-34,36-42,44-45,47-48,50-51,53-56H2,1-3H3,(H,90,91)/b35-32-,46-43+,52-49+. The Labute approximate surface area is 604 Å². The monoisotopic (exact) mass is 1460 g/mol. The molecule has 0 spiro atoms. The Morgan fingerprint density at radius 1 is 0.406 bits per heavy atom. The van der Waals surface area contributed by atoms with Crippen molar-refractivity contribution in [2.45, 2.75) is 401 Å². The molecular formula is C76H137O24P. The number of aliphatic hydroxyl groups is 10. The van der Waals surface area contributed by atoms with Crippen LogP contribution in [0.4, 0.5) is 0 Å². The first-order chi connectivity index (χ1) is 48.8. The molecule has 2 heterocycles. The van der Waals surface area contributed by atoms with E-state index in [1.807, 2.05) is 6.08 Å². The zero-order valence-electron chi connectivity index (χ0n) is 61.7. The maximum absolute atomic E-state index is 14.3. The van der Waals surface area contributed by atoms with Gasteiger partial charge in [-0.1, -0.05) is 263 Å². The molecule has 0 aromatic carbocycles. The van der Waals surface area contributed by atoms with Crippen LogP contribution >= 0.6 is 7.82 Å². The van der Waals surface area contributed by atoms with Crippen LogP contribution in [0, 0.1) is 0 Å². The Morgan fingerprint density at radius 2 is 0.762 bits per heavy atom. The number of aliphatic hydroxyl groups excluding tert-OH is 10. The Hall–Kier alpha value is -2.82. The van der Waals surface area contributed by atoms with Crippen molar-refractivity contribution in [3.05, 3.63) is 36.5 Å². The van der Waals surface area contributed by atoms with Crippen molar-refractivity contribution < 1.29 is 117 Å². The number of esters is 3. The summed E-state index contributed by atoms with van der Waals surface area (Å²) in [5.41, 5.74) is 0. The fourth-order valence-electron chi connectivity index (χ4n) is 12.8. The summed E-state index contributed by atoms with van der Waals surface area (Å²) < 4.78 is 64.9. The van der Waals surface area contributed by atoms with E-state index in [1.54, 1.807) is 6.08 Å². The maximum atomic E-state index is 14.3. The van der Waals surface area contributed by atoms with Gasteiger partial charge < -0.3 is 89.1 Å². The van der Waals surface area contributed by atoms with Gasteiger partial charge in [-0.2, -0.15) is 0 Å². The number of hydrogen-bond acceptors (Lipinski definition) is 23. The topological polar surface area (TPSA) is 374 Å². The van der Waals surface area contributed by atoms with Gasteiger partial charge in [-0.3, -0.25) is 18.6 Å². The summed E-state index contributed by atoms with van der Waals surface area (Å²) in [5, 5.41) is 110. The van der Waals surface area contributed by atoms with Crippen LogP contribution in [-0.4, -0.2) is 204 Å². The Bertz CT molecular complexity index is 2220. The third-order valence-electron chi connectivity index (χ3n) is 19.3. The molecule has 3 fully saturated rings. The number of ether oxygens (including phenoxy) is 7. The molecule has 2 saturated heterocycles. The van der Waals surface area contributed by atoms with E-state index in [-0.39, 0.29) is 12.8 Å². The van der Waals surface area contributed by atoms with Crippen molar-refractivity contribution in [2.75, 3.05) is 26.4 Å². The Kier molecular flexibility index (Phi) is 52.5. The van der Waals surface area contributed by atoms with Gasteiger partial charge >= 0.3 is 25.7 Å². The molecule has 3 rings (SSSR count). The molecule has 1 aliphatic carbocycles. The van der Waals surface area contributed by atoms with Crippen LogP contribution in [0.5, 0.6) is 0 Å². The first-order valence-electron chi connectivity index (χ1n) is 39.3. The average molecular weight is 1470 g/mol. The molecule has 2 aliphatic heterocycles. The predicted octanol–water partition coefficient (Wildman–Crippen LogP) is 11.5. The van der Waals surface area contributed by atoms with Gasteiger partial charge in [0.2, 0.25) is 0 Å². The van der Waals surface area contributed by atoms with Crippen LogP contribution < -0.4 is 0 Å². The summed E-state index contributed by atoms with van der Waals surface area (Å²) in [4.78, 5) is 50.9. The normalized spacial score (nSPS) is 27.3. The minimum Gasteiger partial charge on any atom is -0.463 e. The molecule has 1 saturated carbocycles. The molecule has 18 unspecified atom stereocenters. The predicted molar refractivity (Wildman–Crippen MR) is 384 cm³/mol. The van der Waals surface area contributed by atoms with Crippen LogP contribution in [0.25, 0.3) is 0 Å². The number of allylic oxidation sites excluding steroid dienone is 5. The van der Waals surface area contributed by atoms with Gasteiger partial charge in [-0.05, 0) is 51.4 Å². The van der Waals surface area contributed by atoms with E-state index < -0.39 is 156 Å². The molecular weight excluding hydrogens is 1330 g/mol. The summed E-state index contributed by atoms with van der Waals surface area (Å²) >= 11 is 0. The highest BCUT2D eigenvalue weighted by Crippen LogP contribution is 2.49. The van der Waals surface area contributed by atoms with Crippen LogP contribution in [-0.2, 0) is 61.2 Å². The molecule has 0 aromatic rings. The molecule has 0 bridgehead atoms. The fourth-order valence-corrected chi connectivity index (χ4v) is 13.8. The maximum Gasteiger partial charge on any atom is 0.472 e. The SMILES string of the molecule is CCCCCCCCC/C=C\CCCCCC(=O)OCC1OC(OC2C(O)C(O)C(O)C(OC3OC(CO)C(O)C(O)C3O)C2OP(=O)(O)OCC(COC(=O)CCCCCCCCCCCCCCCCCCC)OC(=O)/C=C/C=C/CCCCCCCCCCCCC)C(O)C(O)C1O. The zero-order chi connectivity index (χ0) is 73.9. The lowest BCUT2D eigenvalue weighted by atomic mass is 9.84. The number of rotatable bonds is 61. The third-order valence-corrected chi connectivity index (χ3v) is 20.2.